The van der Waals surface area contributed by atoms with E-state index >= 15 is 0 Å². The molecule has 6 aromatic rings. The molecular formula is C29H18FIrN2-. The Morgan fingerprint density at radius 1 is 0.727 bits per heavy atom. The molecule has 5 aromatic carbocycles. The van der Waals surface area contributed by atoms with Crippen LogP contribution in [0.1, 0.15) is 0 Å². The van der Waals surface area contributed by atoms with Crippen LogP contribution in [0.4, 0.5) is 4.39 Å². The Bertz CT molecular complexity index is 1570. The first-order valence-electron chi connectivity index (χ1n) is 10.5. The van der Waals surface area contributed by atoms with Crippen molar-refractivity contribution in [3.63, 3.8) is 0 Å². The summed E-state index contributed by atoms with van der Waals surface area (Å²) in [6, 6.07) is 38.7. The van der Waals surface area contributed by atoms with E-state index in [1.807, 2.05) is 42.5 Å². The fraction of sp³-hybridized carbons (Fsp3) is 0. The predicted molar refractivity (Wildman–Crippen MR) is 128 cm³/mol. The van der Waals surface area contributed by atoms with Crippen LogP contribution in [0, 0.1) is 11.9 Å². The second-order valence-corrected chi connectivity index (χ2v) is 7.76. The molecule has 0 bridgehead atoms. The molecule has 1 aromatic heterocycles. The van der Waals surface area contributed by atoms with Crippen LogP contribution in [0.3, 0.4) is 0 Å². The Balaban J connectivity index is 0.00000228. The van der Waals surface area contributed by atoms with E-state index < -0.39 is 0 Å². The zero-order valence-electron chi connectivity index (χ0n) is 17.5. The Kier molecular flexibility index (Phi) is 5.63. The molecule has 0 atom stereocenters. The van der Waals surface area contributed by atoms with E-state index in [1.165, 1.54) is 12.1 Å². The van der Waals surface area contributed by atoms with Gasteiger partial charge < -0.3 is 4.57 Å². The summed E-state index contributed by atoms with van der Waals surface area (Å²) in [5.74, 6) is 0.517. The zero-order valence-corrected chi connectivity index (χ0v) is 19.9. The molecule has 0 saturated heterocycles. The SMILES string of the molecule is Fc1ccc(-n2c(-c3[c-]ccc(-c4ccccc4)c3)nc3ccc4ccccc4c32)cc1.[Ir]. The first-order valence-corrected chi connectivity index (χ1v) is 10.5. The zero-order chi connectivity index (χ0) is 21.5. The van der Waals surface area contributed by atoms with Gasteiger partial charge in [-0.2, -0.15) is 0 Å². The second kappa shape index (κ2) is 8.74. The van der Waals surface area contributed by atoms with E-state index in [2.05, 4.69) is 53.1 Å². The van der Waals surface area contributed by atoms with Gasteiger partial charge in [-0.1, -0.05) is 60.7 Å². The number of hydrogen-bond donors (Lipinski definition) is 0. The molecule has 161 valence electrons. The molecule has 0 saturated carbocycles. The molecular weight excluding hydrogens is 588 g/mol. The van der Waals surface area contributed by atoms with Crippen LogP contribution in [-0.4, -0.2) is 9.55 Å². The Morgan fingerprint density at radius 3 is 2.30 bits per heavy atom. The Hall–Kier alpha value is -3.59. The van der Waals surface area contributed by atoms with Gasteiger partial charge >= 0.3 is 0 Å². The van der Waals surface area contributed by atoms with E-state index in [4.69, 9.17) is 4.98 Å². The average molecular weight is 606 g/mol. The minimum absolute atomic E-state index is 0. The maximum Gasteiger partial charge on any atom is 0.123 e. The molecule has 6 rings (SSSR count). The third kappa shape index (κ3) is 3.78. The van der Waals surface area contributed by atoms with E-state index in [1.54, 1.807) is 12.1 Å². The van der Waals surface area contributed by atoms with Gasteiger partial charge in [-0.25, -0.2) is 4.39 Å². The number of nitrogens with zero attached hydrogens (tertiary/aromatic N) is 2. The fourth-order valence-corrected chi connectivity index (χ4v) is 4.27. The molecule has 1 heterocycles. The maximum atomic E-state index is 13.7. The smallest absolute Gasteiger partial charge is 0.123 e. The third-order valence-electron chi connectivity index (χ3n) is 5.78. The summed E-state index contributed by atoms with van der Waals surface area (Å²) in [6.07, 6.45) is 0. The standard InChI is InChI=1S/C29H18FN2.Ir/c30-24-14-16-25(17-15-24)32-28-26-12-5-4-9-21(26)13-18-27(28)31-29(32)23-11-6-10-22(19-23)20-7-2-1-3-8-20;/h1-10,12-19H;/q-1;. The van der Waals surface area contributed by atoms with Gasteiger partial charge in [-0.3, -0.25) is 4.98 Å². The maximum absolute atomic E-state index is 13.7. The van der Waals surface area contributed by atoms with Gasteiger partial charge in [0.25, 0.3) is 0 Å². The van der Waals surface area contributed by atoms with Crippen LogP contribution in [0.15, 0.2) is 109 Å². The Morgan fingerprint density at radius 2 is 1.48 bits per heavy atom. The molecule has 0 aliphatic rings. The van der Waals surface area contributed by atoms with Gasteiger partial charge in [0.05, 0.1) is 16.9 Å². The first kappa shape index (κ1) is 21.3. The molecule has 0 N–H and O–H groups in total. The number of fused-ring (bicyclic) bond motifs is 3. The van der Waals surface area contributed by atoms with Crippen LogP contribution in [-0.2, 0) is 20.1 Å². The summed E-state index contributed by atoms with van der Waals surface area (Å²) < 4.78 is 15.8. The number of halogens is 1. The van der Waals surface area contributed by atoms with Gasteiger partial charge in [0.1, 0.15) is 5.82 Å². The summed E-state index contributed by atoms with van der Waals surface area (Å²) in [4.78, 5) is 5.00. The number of rotatable bonds is 3. The molecule has 0 unspecified atom stereocenters. The van der Waals surface area contributed by atoms with Crippen LogP contribution >= 0.6 is 0 Å². The van der Waals surface area contributed by atoms with E-state index in [-0.39, 0.29) is 25.9 Å². The van der Waals surface area contributed by atoms with E-state index in [0.29, 0.717) is 0 Å². The quantitative estimate of drug-likeness (QED) is 0.192. The average Bonchev–Trinajstić information content (AvgIpc) is 3.25. The minimum atomic E-state index is -0.262. The summed E-state index contributed by atoms with van der Waals surface area (Å²) in [6.45, 7) is 0. The van der Waals surface area contributed by atoms with Crippen molar-refractivity contribution in [3.8, 4) is 28.2 Å². The van der Waals surface area contributed by atoms with Gasteiger partial charge in [0.2, 0.25) is 0 Å². The van der Waals surface area contributed by atoms with Crippen molar-refractivity contribution < 1.29 is 24.5 Å². The van der Waals surface area contributed by atoms with Crippen molar-refractivity contribution in [2.75, 3.05) is 0 Å². The fourth-order valence-electron chi connectivity index (χ4n) is 4.27. The van der Waals surface area contributed by atoms with Crippen molar-refractivity contribution in [2.45, 2.75) is 0 Å². The van der Waals surface area contributed by atoms with Gasteiger partial charge in [0, 0.05) is 31.2 Å². The van der Waals surface area contributed by atoms with Crippen LogP contribution in [0.2, 0.25) is 0 Å². The predicted octanol–water partition coefficient (Wildman–Crippen LogP) is 7.45. The van der Waals surface area contributed by atoms with Gasteiger partial charge in [-0.15, -0.1) is 35.4 Å². The number of imidazole rings is 1. The molecule has 1 radical (unpaired) electrons. The number of hydrogen-bond acceptors (Lipinski definition) is 1. The second-order valence-electron chi connectivity index (χ2n) is 7.76. The summed E-state index contributed by atoms with van der Waals surface area (Å²) in [7, 11) is 0. The van der Waals surface area contributed by atoms with Crippen molar-refractivity contribution in [2.24, 2.45) is 0 Å². The van der Waals surface area contributed by atoms with E-state index in [0.717, 1.165) is 50.0 Å². The molecule has 0 aliphatic heterocycles. The molecule has 33 heavy (non-hydrogen) atoms. The van der Waals surface area contributed by atoms with Crippen molar-refractivity contribution in [1.82, 2.24) is 9.55 Å². The first-order chi connectivity index (χ1) is 15.8. The molecule has 0 fully saturated rings. The van der Waals surface area contributed by atoms with Crippen LogP contribution in [0.25, 0.3) is 50.0 Å². The number of aromatic nitrogens is 2. The molecule has 0 aliphatic carbocycles. The molecule has 4 heteroatoms. The summed E-state index contributed by atoms with van der Waals surface area (Å²) in [5.41, 5.74) is 5.87. The van der Waals surface area contributed by atoms with Gasteiger partial charge in [0.15, 0.2) is 0 Å². The molecule has 2 nitrogen and oxygen atoms in total. The number of benzene rings is 5. The normalized spacial score (nSPS) is 10.9. The van der Waals surface area contributed by atoms with Crippen molar-refractivity contribution >= 4 is 21.8 Å². The molecule has 0 spiro atoms. The monoisotopic (exact) mass is 606 g/mol. The Labute approximate surface area is 204 Å². The largest absolute Gasteiger partial charge is 0.333 e. The van der Waals surface area contributed by atoms with Crippen LogP contribution < -0.4 is 0 Å². The summed E-state index contributed by atoms with van der Waals surface area (Å²) >= 11 is 0. The minimum Gasteiger partial charge on any atom is -0.333 e. The third-order valence-corrected chi connectivity index (χ3v) is 5.78. The van der Waals surface area contributed by atoms with Crippen molar-refractivity contribution in [3.05, 3.63) is 121 Å². The topological polar surface area (TPSA) is 17.8 Å². The summed E-state index contributed by atoms with van der Waals surface area (Å²) in [5, 5.41) is 2.24. The molecule has 0 amide bonds. The van der Waals surface area contributed by atoms with Gasteiger partial charge in [-0.05, 0) is 41.3 Å². The van der Waals surface area contributed by atoms with Crippen molar-refractivity contribution in [1.29, 1.82) is 0 Å². The van der Waals surface area contributed by atoms with Crippen LogP contribution in [0.5, 0.6) is 0 Å². The van der Waals surface area contributed by atoms with E-state index in [9.17, 15) is 4.39 Å².